The van der Waals surface area contributed by atoms with Crippen molar-refractivity contribution in [2.45, 2.75) is 13.0 Å². The molecule has 1 heterocycles. The summed E-state index contributed by atoms with van der Waals surface area (Å²) in [4.78, 5) is 17.5. The smallest absolute Gasteiger partial charge is 0.382 e. The highest BCUT2D eigenvalue weighted by atomic mass is 32.1. The van der Waals surface area contributed by atoms with Gasteiger partial charge in [0.25, 0.3) is 0 Å². The number of benzene rings is 3. The first-order valence-corrected chi connectivity index (χ1v) is 11.1. The van der Waals surface area contributed by atoms with E-state index < -0.39 is 5.97 Å². The van der Waals surface area contributed by atoms with Crippen molar-refractivity contribution < 1.29 is 19.0 Å². The van der Waals surface area contributed by atoms with Crippen molar-refractivity contribution in [1.29, 1.82) is 0 Å². The standard InChI is InChI=1S/C26H21FN2O3S/c1-32-22-10-6-19(7-11-22)14-15-29(26-28-23-16-21(27)9-12-24(23)33-26)17-20-4-2-18(3-5-20)8-13-25(30)31/h2-7,9-12,16H,14-15,17H2,1H3,(H,30,31). The molecule has 3 aromatic carbocycles. The largest absolute Gasteiger partial charge is 0.497 e. The minimum Gasteiger partial charge on any atom is -0.497 e. The summed E-state index contributed by atoms with van der Waals surface area (Å²) in [5.74, 6) is 4.09. The SMILES string of the molecule is COc1ccc(CCN(Cc2ccc(C#CC(=O)O)cc2)c2nc3cc(F)ccc3s2)cc1. The number of anilines is 1. The summed E-state index contributed by atoms with van der Waals surface area (Å²) < 4.78 is 19.8. The molecule has 1 N–H and O–H groups in total. The minimum absolute atomic E-state index is 0.304. The number of methoxy groups -OCH3 is 1. The number of aromatic nitrogens is 1. The topological polar surface area (TPSA) is 62.7 Å². The molecule has 0 bridgehead atoms. The number of fused-ring (bicyclic) bond motifs is 1. The Morgan fingerprint density at radius 2 is 1.82 bits per heavy atom. The first-order valence-electron chi connectivity index (χ1n) is 10.3. The van der Waals surface area contributed by atoms with Gasteiger partial charge >= 0.3 is 5.97 Å². The van der Waals surface area contributed by atoms with Gasteiger partial charge in [0, 0.05) is 30.6 Å². The average Bonchev–Trinajstić information content (AvgIpc) is 3.24. The highest BCUT2D eigenvalue weighted by molar-refractivity contribution is 7.22. The van der Waals surface area contributed by atoms with E-state index in [0.29, 0.717) is 17.6 Å². The molecular weight excluding hydrogens is 439 g/mol. The molecule has 0 aliphatic rings. The van der Waals surface area contributed by atoms with Gasteiger partial charge in [-0.3, -0.25) is 0 Å². The second kappa shape index (κ2) is 10.2. The van der Waals surface area contributed by atoms with Crippen LogP contribution in [-0.2, 0) is 17.8 Å². The predicted molar refractivity (Wildman–Crippen MR) is 128 cm³/mol. The van der Waals surface area contributed by atoms with Crippen LogP contribution in [0.4, 0.5) is 9.52 Å². The van der Waals surface area contributed by atoms with Gasteiger partial charge in [-0.25, -0.2) is 14.2 Å². The van der Waals surface area contributed by atoms with E-state index in [9.17, 15) is 9.18 Å². The Bertz CT molecular complexity index is 1320. The zero-order valence-corrected chi connectivity index (χ0v) is 18.7. The third-order valence-electron chi connectivity index (χ3n) is 5.08. The van der Waals surface area contributed by atoms with Crippen LogP contribution in [0.3, 0.4) is 0 Å². The van der Waals surface area contributed by atoms with Crippen molar-refractivity contribution in [3.8, 4) is 17.6 Å². The summed E-state index contributed by atoms with van der Waals surface area (Å²) >= 11 is 1.53. The summed E-state index contributed by atoms with van der Waals surface area (Å²) in [6.07, 6.45) is 0.802. The number of rotatable bonds is 7. The summed E-state index contributed by atoms with van der Waals surface area (Å²) in [6.45, 7) is 1.32. The van der Waals surface area contributed by atoms with Crippen molar-refractivity contribution >= 4 is 32.7 Å². The number of thiazole rings is 1. The molecule has 0 fully saturated rings. The molecule has 0 aliphatic carbocycles. The summed E-state index contributed by atoms with van der Waals surface area (Å²) in [7, 11) is 1.64. The maximum atomic E-state index is 13.7. The molecule has 0 aliphatic heterocycles. The van der Waals surface area contributed by atoms with E-state index in [2.05, 4.69) is 21.7 Å². The molecule has 7 heteroatoms. The molecule has 0 saturated heterocycles. The highest BCUT2D eigenvalue weighted by Gasteiger charge is 2.14. The van der Waals surface area contributed by atoms with Crippen LogP contribution >= 0.6 is 11.3 Å². The maximum Gasteiger partial charge on any atom is 0.382 e. The third-order valence-corrected chi connectivity index (χ3v) is 6.18. The van der Waals surface area contributed by atoms with E-state index in [1.807, 2.05) is 36.4 Å². The molecule has 5 nitrogen and oxygen atoms in total. The molecule has 0 saturated carbocycles. The Hall–Kier alpha value is -3.89. The second-order valence-corrected chi connectivity index (χ2v) is 8.39. The van der Waals surface area contributed by atoms with Gasteiger partial charge in [0.1, 0.15) is 11.6 Å². The predicted octanol–water partition coefficient (Wildman–Crippen LogP) is 5.13. The van der Waals surface area contributed by atoms with E-state index in [0.717, 1.165) is 34.1 Å². The Morgan fingerprint density at radius 1 is 1.09 bits per heavy atom. The molecule has 33 heavy (non-hydrogen) atoms. The van der Waals surface area contributed by atoms with Crippen LogP contribution in [0.15, 0.2) is 66.7 Å². The van der Waals surface area contributed by atoms with Crippen molar-refractivity contribution in [2.75, 3.05) is 18.6 Å². The zero-order valence-electron chi connectivity index (χ0n) is 17.9. The van der Waals surface area contributed by atoms with E-state index in [1.54, 1.807) is 25.3 Å². The number of carboxylic acids is 1. The minimum atomic E-state index is -1.16. The number of nitrogens with zero attached hydrogens (tertiary/aromatic N) is 2. The van der Waals surface area contributed by atoms with Crippen LogP contribution in [0.1, 0.15) is 16.7 Å². The van der Waals surface area contributed by atoms with Crippen LogP contribution in [0.2, 0.25) is 0 Å². The van der Waals surface area contributed by atoms with Crippen molar-refractivity contribution in [3.05, 3.63) is 89.2 Å². The Balaban J connectivity index is 1.57. The fourth-order valence-corrected chi connectivity index (χ4v) is 4.33. The van der Waals surface area contributed by atoms with E-state index in [4.69, 9.17) is 9.84 Å². The number of ether oxygens (including phenoxy) is 1. The quantitative estimate of drug-likeness (QED) is 0.388. The third kappa shape index (κ3) is 5.88. The molecular formula is C26H21FN2O3S. The first kappa shape index (κ1) is 22.3. The molecule has 4 rings (SSSR count). The van der Waals surface area contributed by atoms with Gasteiger partial charge in [0.15, 0.2) is 5.13 Å². The average molecular weight is 461 g/mol. The molecule has 0 atom stereocenters. The van der Waals surface area contributed by atoms with E-state index in [-0.39, 0.29) is 5.82 Å². The molecule has 0 spiro atoms. The maximum absolute atomic E-state index is 13.7. The van der Waals surface area contributed by atoms with E-state index in [1.165, 1.54) is 29.0 Å². The van der Waals surface area contributed by atoms with Crippen LogP contribution in [0.25, 0.3) is 10.2 Å². The number of carbonyl (C=O) groups is 1. The van der Waals surface area contributed by atoms with Crippen LogP contribution in [-0.4, -0.2) is 29.7 Å². The van der Waals surface area contributed by atoms with Gasteiger partial charge in [-0.1, -0.05) is 41.5 Å². The number of carboxylic acid groups (broad SMARTS) is 1. The molecule has 166 valence electrons. The van der Waals surface area contributed by atoms with Crippen molar-refractivity contribution in [1.82, 2.24) is 4.98 Å². The van der Waals surface area contributed by atoms with Gasteiger partial charge in [0.05, 0.1) is 17.3 Å². The Labute approximate surface area is 195 Å². The van der Waals surface area contributed by atoms with Gasteiger partial charge in [-0.05, 0) is 53.9 Å². The number of aliphatic carboxylic acids is 1. The molecule has 0 unspecified atom stereocenters. The highest BCUT2D eigenvalue weighted by Crippen LogP contribution is 2.30. The number of halogens is 1. The Morgan fingerprint density at radius 3 is 2.52 bits per heavy atom. The fraction of sp³-hybridized carbons (Fsp3) is 0.154. The summed E-state index contributed by atoms with van der Waals surface area (Å²) in [6, 6.07) is 20.1. The lowest BCUT2D eigenvalue weighted by atomic mass is 10.1. The fourth-order valence-electron chi connectivity index (χ4n) is 3.36. The lowest BCUT2D eigenvalue weighted by molar-refractivity contribution is -0.130. The molecule has 1 aromatic heterocycles. The normalized spacial score (nSPS) is 10.5. The van der Waals surface area contributed by atoms with Crippen molar-refractivity contribution in [2.24, 2.45) is 0 Å². The van der Waals surface area contributed by atoms with Gasteiger partial charge in [-0.15, -0.1) is 0 Å². The van der Waals surface area contributed by atoms with Crippen molar-refractivity contribution in [3.63, 3.8) is 0 Å². The number of hydrogen-bond donors (Lipinski definition) is 1. The molecule has 0 radical (unpaired) electrons. The monoisotopic (exact) mass is 460 g/mol. The first-order chi connectivity index (χ1) is 16.0. The van der Waals surface area contributed by atoms with Crippen LogP contribution in [0.5, 0.6) is 5.75 Å². The van der Waals surface area contributed by atoms with Gasteiger partial charge < -0.3 is 14.7 Å². The second-order valence-electron chi connectivity index (χ2n) is 7.38. The number of hydrogen-bond acceptors (Lipinski definition) is 5. The summed E-state index contributed by atoms with van der Waals surface area (Å²) in [5.41, 5.74) is 3.49. The Kier molecular flexibility index (Phi) is 6.86. The van der Waals surface area contributed by atoms with Gasteiger partial charge in [0.2, 0.25) is 0 Å². The lowest BCUT2D eigenvalue weighted by Gasteiger charge is -2.22. The lowest BCUT2D eigenvalue weighted by Crippen LogP contribution is -2.25. The van der Waals surface area contributed by atoms with Crippen LogP contribution < -0.4 is 9.64 Å². The summed E-state index contributed by atoms with van der Waals surface area (Å²) in [5, 5.41) is 9.54. The van der Waals surface area contributed by atoms with Gasteiger partial charge in [-0.2, -0.15) is 0 Å². The molecule has 0 amide bonds. The zero-order chi connectivity index (χ0) is 23.2. The molecule has 4 aromatic rings. The van der Waals surface area contributed by atoms with E-state index >= 15 is 0 Å². The van der Waals surface area contributed by atoms with Crippen LogP contribution in [0, 0.1) is 17.7 Å².